The Bertz CT molecular complexity index is 336. The van der Waals surface area contributed by atoms with Crippen LogP contribution in [0, 0.1) is 11.3 Å². The van der Waals surface area contributed by atoms with Gasteiger partial charge in [0, 0.05) is 6.04 Å². The quantitative estimate of drug-likeness (QED) is 0.762. The van der Waals surface area contributed by atoms with E-state index in [-0.39, 0.29) is 0 Å². The van der Waals surface area contributed by atoms with Gasteiger partial charge in [-0.1, -0.05) is 33.6 Å². The van der Waals surface area contributed by atoms with Crippen molar-refractivity contribution in [2.24, 2.45) is 11.3 Å². The second-order valence-electron chi connectivity index (χ2n) is 6.21. The zero-order valence-electron chi connectivity index (χ0n) is 12.0. The van der Waals surface area contributed by atoms with Crippen molar-refractivity contribution in [3.05, 3.63) is 22.4 Å². The summed E-state index contributed by atoms with van der Waals surface area (Å²) in [7, 11) is 0. The molecular weight excluding hydrogens is 238 g/mol. The molecule has 18 heavy (non-hydrogen) atoms. The monoisotopic (exact) mass is 265 g/mol. The van der Waals surface area contributed by atoms with Crippen LogP contribution in [0.25, 0.3) is 0 Å². The molecule has 0 saturated heterocycles. The molecular formula is C16H27NS. The summed E-state index contributed by atoms with van der Waals surface area (Å²) in [6.07, 6.45) is 7.00. The molecule has 1 unspecified atom stereocenters. The van der Waals surface area contributed by atoms with Gasteiger partial charge in [-0.05, 0) is 59.5 Å². The van der Waals surface area contributed by atoms with Crippen LogP contribution in [0.5, 0.6) is 0 Å². The fourth-order valence-corrected chi connectivity index (χ4v) is 4.52. The lowest BCUT2D eigenvalue weighted by atomic mass is 9.71. The largest absolute Gasteiger partial charge is 0.310 e. The second kappa shape index (κ2) is 6.21. The Balaban J connectivity index is 2.25. The second-order valence-corrected chi connectivity index (χ2v) is 6.99. The summed E-state index contributed by atoms with van der Waals surface area (Å²) >= 11 is 1.83. The van der Waals surface area contributed by atoms with Crippen LogP contribution in [0.3, 0.4) is 0 Å². The van der Waals surface area contributed by atoms with Crippen LogP contribution in [0.15, 0.2) is 16.8 Å². The van der Waals surface area contributed by atoms with Crippen molar-refractivity contribution in [1.82, 2.24) is 5.32 Å². The highest BCUT2D eigenvalue weighted by atomic mass is 32.1. The third-order valence-electron chi connectivity index (χ3n) is 4.31. The highest BCUT2D eigenvalue weighted by Gasteiger charge is 2.41. The predicted octanol–water partition coefficient (Wildman–Crippen LogP) is 5.01. The van der Waals surface area contributed by atoms with Crippen molar-refractivity contribution in [2.45, 2.75) is 58.9 Å². The van der Waals surface area contributed by atoms with E-state index < -0.39 is 0 Å². The first-order valence-corrected chi connectivity index (χ1v) is 8.38. The van der Waals surface area contributed by atoms with Gasteiger partial charge in [-0.3, -0.25) is 0 Å². The highest BCUT2D eigenvalue weighted by Crippen LogP contribution is 2.51. The molecule has 0 aliphatic heterocycles. The van der Waals surface area contributed by atoms with Crippen LogP contribution in [0.4, 0.5) is 0 Å². The Morgan fingerprint density at radius 1 is 1.33 bits per heavy atom. The molecule has 0 spiro atoms. The number of hydrogen-bond donors (Lipinski definition) is 1. The number of nitrogens with one attached hydrogen (secondary N) is 1. The van der Waals surface area contributed by atoms with Gasteiger partial charge in [0.2, 0.25) is 0 Å². The van der Waals surface area contributed by atoms with Crippen LogP contribution in [0.2, 0.25) is 0 Å². The molecule has 0 bridgehead atoms. The maximum atomic E-state index is 3.78. The van der Waals surface area contributed by atoms with Gasteiger partial charge in [-0.25, -0.2) is 0 Å². The SMILES string of the molecule is CCNC(c1ccsc1)C1(CC(C)C)CCCC1. The van der Waals surface area contributed by atoms with Gasteiger partial charge >= 0.3 is 0 Å². The van der Waals surface area contributed by atoms with E-state index in [1.54, 1.807) is 0 Å². The summed E-state index contributed by atoms with van der Waals surface area (Å²) in [5.74, 6) is 0.794. The van der Waals surface area contributed by atoms with E-state index in [1.165, 1.54) is 37.7 Å². The molecule has 1 nitrogen and oxygen atoms in total. The normalized spacial score (nSPS) is 20.4. The zero-order valence-corrected chi connectivity index (χ0v) is 12.9. The van der Waals surface area contributed by atoms with Gasteiger partial charge in [0.1, 0.15) is 0 Å². The predicted molar refractivity (Wildman–Crippen MR) is 81.1 cm³/mol. The molecule has 1 aliphatic carbocycles. The third kappa shape index (κ3) is 2.97. The van der Waals surface area contributed by atoms with Crippen molar-refractivity contribution in [2.75, 3.05) is 6.54 Å². The van der Waals surface area contributed by atoms with Crippen LogP contribution in [-0.4, -0.2) is 6.54 Å². The van der Waals surface area contributed by atoms with Crippen LogP contribution in [0.1, 0.15) is 64.5 Å². The first-order chi connectivity index (χ1) is 8.68. The van der Waals surface area contributed by atoms with E-state index in [0.29, 0.717) is 11.5 Å². The molecule has 2 heteroatoms. The van der Waals surface area contributed by atoms with Gasteiger partial charge in [-0.2, -0.15) is 11.3 Å². The minimum absolute atomic E-state index is 0.505. The molecule has 102 valence electrons. The van der Waals surface area contributed by atoms with Gasteiger partial charge in [0.15, 0.2) is 0 Å². The number of rotatable bonds is 6. The molecule has 0 aromatic carbocycles. The summed E-state index contributed by atoms with van der Waals surface area (Å²) in [5, 5.41) is 8.34. The van der Waals surface area contributed by atoms with Crippen molar-refractivity contribution < 1.29 is 0 Å². The Labute approximate surface area is 116 Å². The van der Waals surface area contributed by atoms with E-state index >= 15 is 0 Å². The average Bonchev–Trinajstić information content (AvgIpc) is 2.96. The average molecular weight is 265 g/mol. The highest BCUT2D eigenvalue weighted by molar-refractivity contribution is 7.07. The Kier molecular flexibility index (Phi) is 4.85. The number of thiophene rings is 1. The van der Waals surface area contributed by atoms with Crippen molar-refractivity contribution >= 4 is 11.3 Å². The fourth-order valence-electron chi connectivity index (χ4n) is 3.83. The van der Waals surface area contributed by atoms with Crippen molar-refractivity contribution in [3.8, 4) is 0 Å². The molecule has 1 aromatic rings. The lowest BCUT2D eigenvalue weighted by molar-refractivity contribution is 0.157. The van der Waals surface area contributed by atoms with E-state index in [1.807, 2.05) is 11.3 Å². The maximum absolute atomic E-state index is 3.78. The Morgan fingerprint density at radius 2 is 2.06 bits per heavy atom. The molecule has 1 aliphatic rings. The topological polar surface area (TPSA) is 12.0 Å². The lowest BCUT2D eigenvalue weighted by Gasteiger charge is -2.39. The van der Waals surface area contributed by atoms with Crippen molar-refractivity contribution in [1.29, 1.82) is 0 Å². The maximum Gasteiger partial charge on any atom is 0.0385 e. The van der Waals surface area contributed by atoms with E-state index in [2.05, 4.69) is 42.9 Å². The fraction of sp³-hybridized carbons (Fsp3) is 0.750. The first kappa shape index (κ1) is 14.1. The van der Waals surface area contributed by atoms with E-state index in [4.69, 9.17) is 0 Å². The van der Waals surface area contributed by atoms with Gasteiger partial charge in [0.25, 0.3) is 0 Å². The van der Waals surface area contributed by atoms with Crippen LogP contribution in [-0.2, 0) is 0 Å². The molecule has 1 heterocycles. The third-order valence-corrected chi connectivity index (χ3v) is 5.01. The summed E-state index contributed by atoms with van der Waals surface area (Å²) in [4.78, 5) is 0. The molecule has 0 radical (unpaired) electrons. The van der Waals surface area contributed by atoms with Gasteiger partial charge in [-0.15, -0.1) is 0 Å². The van der Waals surface area contributed by atoms with Crippen LogP contribution >= 0.6 is 11.3 Å². The summed E-state index contributed by atoms with van der Waals surface area (Å²) in [5.41, 5.74) is 2.02. The molecule has 1 fully saturated rings. The summed E-state index contributed by atoms with van der Waals surface area (Å²) in [6.45, 7) is 8.05. The minimum atomic E-state index is 0.505. The lowest BCUT2D eigenvalue weighted by Crippen LogP contribution is -2.37. The van der Waals surface area contributed by atoms with E-state index in [0.717, 1.165) is 12.5 Å². The van der Waals surface area contributed by atoms with Crippen LogP contribution < -0.4 is 5.32 Å². The van der Waals surface area contributed by atoms with E-state index in [9.17, 15) is 0 Å². The van der Waals surface area contributed by atoms with Gasteiger partial charge in [0.05, 0.1) is 0 Å². The molecule has 2 rings (SSSR count). The van der Waals surface area contributed by atoms with Crippen molar-refractivity contribution in [3.63, 3.8) is 0 Å². The molecule has 1 atom stereocenters. The summed E-state index contributed by atoms with van der Waals surface area (Å²) < 4.78 is 0. The number of hydrogen-bond acceptors (Lipinski definition) is 2. The standard InChI is InChI=1S/C16H27NS/c1-4-17-15(14-7-10-18-12-14)16(11-13(2)3)8-5-6-9-16/h7,10,12-13,15,17H,4-6,8-9,11H2,1-3H3. The summed E-state index contributed by atoms with van der Waals surface area (Å²) in [6, 6.07) is 2.89. The Morgan fingerprint density at radius 3 is 2.56 bits per heavy atom. The minimum Gasteiger partial charge on any atom is -0.310 e. The van der Waals surface area contributed by atoms with Gasteiger partial charge < -0.3 is 5.32 Å². The molecule has 1 aromatic heterocycles. The zero-order chi connectivity index (χ0) is 13.0. The smallest absolute Gasteiger partial charge is 0.0385 e. The molecule has 1 N–H and O–H groups in total. The molecule has 0 amide bonds. The molecule has 1 saturated carbocycles. The Hall–Kier alpha value is -0.340. The first-order valence-electron chi connectivity index (χ1n) is 7.43.